The number of carbonyl (C=O) groups excluding carboxylic acids is 3. The Balaban J connectivity index is 1.61. The van der Waals surface area contributed by atoms with Crippen molar-refractivity contribution in [3.63, 3.8) is 0 Å². The molecule has 3 aliphatic heterocycles. The van der Waals surface area contributed by atoms with Gasteiger partial charge in [-0.25, -0.2) is 9.18 Å². The number of fused-ring (bicyclic) bond motifs is 5. The predicted octanol–water partition coefficient (Wildman–Crippen LogP) is 1.68. The van der Waals surface area contributed by atoms with E-state index in [0.717, 1.165) is 11.5 Å². The van der Waals surface area contributed by atoms with Crippen LogP contribution in [0.3, 0.4) is 0 Å². The van der Waals surface area contributed by atoms with Gasteiger partial charge >= 0.3 is 6.03 Å². The molecule has 3 atom stereocenters. The molecule has 2 fully saturated rings. The van der Waals surface area contributed by atoms with Gasteiger partial charge in [-0.05, 0) is 43.9 Å². The van der Waals surface area contributed by atoms with Crippen LogP contribution in [-0.2, 0) is 20.7 Å². The highest BCUT2D eigenvalue weighted by atomic mass is 32.1. The molecule has 34 heavy (non-hydrogen) atoms. The normalized spacial score (nSPS) is 25.8. The zero-order valence-corrected chi connectivity index (χ0v) is 19.2. The number of benzene rings is 1. The molecule has 6 rings (SSSR count). The monoisotopic (exact) mass is 486 g/mol. The Morgan fingerprint density at radius 2 is 1.97 bits per heavy atom. The summed E-state index contributed by atoms with van der Waals surface area (Å²) < 4.78 is 31.3. The van der Waals surface area contributed by atoms with Crippen molar-refractivity contribution in [1.29, 1.82) is 0 Å². The lowest BCUT2D eigenvalue weighted by Crippen LogP contribution is -2.75. The van der Waals surface area contributed by atoms with Crippen LogP contribution in [0, 0.1) is 18.2 Å². The number of nitrogens with one attached hydrogen (secondary N) is 2. The number of morpholine rings is 1. The van der Waals surface area contributed by atoms with E-state index >= 15 is 4.39 Å². The lowest BCUT2D eigenvalue weighted by molar-refractivity contribution is -0.153. The number of rotatable bonds is 1. The van der Waals surface area contributed by atoms with Crippen molar-refractivity contribution < 1.29 is 28.0 Å². The average Bonchev–Trinajstić information content (AvgIpc) is 3.37. The molecule has 2 N–H and O–H groups in total. The number of urea groups is 1. The smallest absolute Gasteiger partial charge is 0.328 e. The molecule has 3 aromatic rings. The molecule has 3 aliphatic rings. The Bertz CT molecular complexity index is 1380. The summed E-state index contributed by atoms with van der Waals surface area (Å²) in [6, 6.07) is -0.0307. The van der Waals surface area contributed by atoms with Crippen molar-refractivity contribution in [1.82, 2.24) is 25.4 Å². The number of hydrogen-bond acceptors (Lipinski definition) is 10. The van der Waals surface area contributed by atoms with Gasteiger partial charge in [0.25, 0.3) is 0 Å². The molecule has 4 amide bonds. The zero-order chi connectivity index (χ0) is 23.9. The van der Waals surface area contributed by atoms with E-state index in [1.165, 1.54) is 0 Å². The van der Waals surface area contributed by atoms with E-state index in [-0.39, 0.29) is 30.3 Å². The number of halogens is 1. The van der Waals surface area contributed by atoms with Gasteiger partial charge in [-0.3, -0.25) is 20.2 Å². The molecule has 5 heterocycles. The van der Waals surface area contributed by atoms with E-state index in [1.54, 1.807) is 24.8 Å². The molecule has 13 heteroatoms. The number of hydrogen-bond donors (Lipinski definition) is 2. The summed E-state index contributed by atoms with van der Waals surface area (Å²) in [5.41, 5.74) is -0.0473. The quantitative estimate of drug-likeness (QED) is 0.492. The second-order valence-corrected chi connectivity index (χ2v) is 9.68. The molecule has 2 aromatic heterocycles. The number of aryl methyl sites for hydroxylation is 1. The van der Waals surface area contributed by atoms with Crippen LogP contribution in [0.4, 0.5) is 14.9 Å². The molecular formula is C21H19FN6O5S. The van der Waals surface area contributed by atoms with Crippen molar-refractivity contribution in [2.45, 2.75) is 45.4 Å². The molecule has 1 spiro atoms. The molecule has 0 radical (unpaired) electrons. The number of amides is 4. The van der Waals surface area contributed by atoms with Gasteiger partial charge in [-0.15, -0.1) is 5.10 Å². The number of nitrogens with zero attached hydrogens (tertiary/aromatic N) is 4. The van der Waals surface area contributed by atoms with Crippen LogP contribution in [-0.4, -0.2) is 57.4 Å². The van der Waals surface area contributed by atoms with Crippen molar-refractivity contribution >= 4 is 46.0 Å². The van der Waals surface area contributed by atoms with Gasteiger partial charge in [0.2, 0.25) is 17.4 Å². The maximum Gasteiger partial charge on any atom is 0.328 e. The van der Waals surface area contributed by atoms with Gasteiger partial charge in [-0.2, -0.15) is 0 Å². The van der Waals surface area contributed by atoms with Gasteiger partial charge in [-0.1, -0.05) is 9.64 Å². The van der Waals surface area contributed by atoms with E-state index < -0.39 is 41.2 Å². The average molecular weight is 486 g/mol. The number of ether oxygens (including phenoxy) is 1. The third-order valence-electron chi connectivity index (χ3n) is 6.83. The second kappa shape index (κ2) is 7.03. The third-order valence-corrected chi connectivity index (χ3v) is 7.67. The molecule has 11 nitrogen and oxygen atoms in total. The third kappa shape index (κ3) is 2.64. The molecule has 0 aliphatic carbocycles. The maximum atomic E-state index is 16.0. The Labute approximate surface area is 195 Å². The topological polar surface area (TPSA) is 140 Å². The first-order chi connectivity index (χ1) is 16.2. The number of barbiturate groups is 1. The molecule has 0 bridgehead atoms. The molecule has 176 valence electrons. The minimum absolute atomic E-state index is 0.0317. The van der Waals surface area contributed by atoms with E-state index in [2.05, 4.69) is 25.4 Å². The van der Waals surface area contributed by atoms with Gasteiger partial charge in [0, 0.05) is 13.0 Å². The second-order valence-electron chi connectivity index (χ2n) is 8.93. The van der Waals surface area contributed by atoms with Crippen LogP contribution in [0.25, 0.3) is 21.5 Å². The largest absolute Gasteiger partial charge is 0.372 e. The zero-order valence-electron chi connectivity index (χ0n) is 18.3. The minimum atomic E-state index is -1.69. The Hall–Kier alpha value is -3.45. The molecule has 1 aromatic carbocycles. The fraction of sp³-hybridized carbons (Fsp3) is 0.429. The molecule has 0 saturated carbocycles. The van der Waals surface area contributed by atoms with Gasteiger partial charge in [0.05, 0.1) is 35.0 Å². The first kappa shape index (κ1) is 21.1. The van der Waals surface area contributed by atoms with Crippen molar-refractivity contribution in [3.05, 3.63) is 23.1 Å². The van der Waals surface area contributed by atoms with Gasteiger partial charge < -0.3 is 14.2 Å². The van der Waals surface area contributed by atoms with Crippen LogP contribution >= 0.6 is 11.5 Å². The first-order valence-corrected chi connectivity index (χ1v) is 11.5. The van der Waals surface area contributed by atoms with Crippen molar-refractivity contribution in [2.75, 3.05) is 11.4 Å². The van der Waals surface area contributed by atoms with Gasteiger partial charge in [0.1, 0.15) is 10.6 Å². The summed E-state index contributed by atoms with van der Waals surface area (Å²) in [7, 11) is 0. The SMILES string of the molecule is Cc1nnsc1-c1noc2c(F)c3c(cc12)CC1(C(=O)NC(=O)NC1=O)[C@@H]1[C@@H](C)O[C@@H](C)CN31. The highest BCUT2D eigenvalue weighted by Crippen LogP contribution is 2.49. The number of imide groups is 2. The van der Waals surface area contributed by atoms with Crippen molar-refractivity contribution in [3.8, 4) is 10.6 Å². The molecular weight excluding hydrogens is 467 g/mol. The maximum absolute atomic E-state index is 16.0. The summed E-state index contributed by atoms with van der Waals surface area (Å²) in [5, 5.41) is 12.9. The Kier molecular flexibility index (Phi) is 4.36. The summed E-state index contributed by atoms with van der Waals surface area (Å²) in [6.45, 7) is 5.57. The number of anilines is 1. The predicted molar refractivity (Wildman–Crippen MR) is 117 cm³/mol. The van der Waals surface area contributed by atoms with Crippen LogP contribution in [0.2, 0.25) is 0 Å². The fourth-order valence-electron chi connectivity index (χ4n) is 5.56. The summed E-state index contributed by atoms with van der Waals surface area (Å²) in [4.78, 5) is 40.7. The van der Waals surface area contributed by atoms with E-state index in [1.807, 2.05) is 6.92 Å². The number of aromatic nitrogens is 3. The lowest BCUT2D eigenvalue weighted by Gasteiger charge is -2.55. The standard InChI is InChI=1S/C21H19FN6O5S/c1-7-6-28-14-10(4-11-13(16-8(2)25-27-34-16)26-33-15(11)12(14)22)5-21(17(28)9(3)32-7)18(29)23-20(31)24-19(21)30/h4,7,9,17H,5-6H2,1-3H3,(H2,23,24,29,30,31)/t7-,9+,17-/m0/s1. The fourth-order valence-corrected chi connectivity index (χ4v) is 6.21. The van der Waals surface area contributed by atoms with E-state index in [9.17, 15) is 14.4 Å². The van der Waals surface area contributed by atoms with Crippen LogP contribution < -0.4 is 15.5 Å². The van der Waals surface area contributed by atoms with E-state index in [4.69, 9.17) is 9.26 Å². The van der Waals surface area contributed by atoms with Crippen LogP contribution in [0.1, 0.15) is 25.1 Å². The van der Waals surface area contributed by atoms with E-state index in [0.29, 0.717) is 27.2 Å². The highest BCUT2D eigenvalue weighted by Gasteiger charge is 2.63. The summed E-state index contributed by atoms with van der Waals surface area (Å²) in [5.74, 6) is -2.10. The van der Waals surface area contributed by atoms with Crippen molar-refractivity contribution in [2.24, 2.45) is 5.41 Å². The summed E-state index contributed by atoms with van der Waals surface area (Å²) in [6.07, 6.45) is -1.03. The van der Waals surface area contributed by atoms with Crippen LogP contribution in [0.5, 0.6) is 0 Å². The lowest BCUT2D eigenvalue weighted by atomic mass is 9.66. The minimum Gasteiger partial charge on any atom is -0.372 e. The Morgan fingerprint density at radius 1 is 1.24 bits per heavy atom. The summed E-state index contributed by atoms with van der Waals surface area (Å²) >= 11 is 1.11. The first-order valence-electron chi connectivity index (χ1n) is 10.7. The highest BCUT2D eigenvalue weighted by molar-refractivity contribution is 7.09. The van der Waals surface area contributed by atoms with Gasteiger partial charge in [0.15, 0.2) is 11.2 Å². The molecule has 2 saturated heterocycles. The molecule has 0 unspecified atom stereocenters. The van der Waals surface area contributed by atoms with Crippen LogP contribution in [0.15, 0.2) is 10.6 Å². The number of carbonyl (C=O) groups is 3. The Morgan fingerprint density at radius 3 is 2.65 bits per heavy atom.